The zero-order valence-electron chi connectivity index (χ0n) is 21.9. The van der Waals surface area contributed by atoms with Crippen molar-refractivity contribution in [2.45, 2.75) is 25.7 Å². The van der Waals surface area contributed by atoms with E-state index in [1.807, 2.05) is 0 Å². The average molecular weight is 612 g/mol. The molecule has 1 heterocycles. The zero-order chi connectivity index (χ0) is 30.2. The molecular weight excluding hydrogens is 590 g/mol. The Hall–Kier alpha value is -4.34. The number of carboxylic acid groups (broad SMARTS) is 1. The fourth-order valence-electron chi connectivity index (χ4n) is 4.69. The van der Waals surface area contributed by atoms with Gasteiger partial charge in [-0.25, -0.2) is 4.79 Å². The van der Waals surface area contributed by atoms with Crippen LogP contribution in [0.1, 0.15) is 50.4 Å². The normalized spacial score (nSPS) is 12.3. The molecule has 0 unspecified atom stereocenters. The van der Waals surface area contributed by atoms with Crippen LogP contribution < -0.4 is 5.32 Å². The Bertz CT molecular complexity index is 1780. The number of aromatic carboxylic acids is 1. The molecule has 1 amide bonds. The van der Waals surface area contributed by atoms with Gasteiger partial charge in [-0.15, -0.1) is 0 Å². The average Bonchev–Trinajstić information content (AvgIpc) is 3.34. The number of hydrogen-bond acceptors (Lipinski definition) is 3. The summed E-state index contributed by atoms with van der Waals surface area (Å²) in [6.07, 6.45) is -2.89. The van der Waals surface area contributed by atoms with Crippen molar-refractivity contribution in [3.8, 4) is 11.1 Å². The fraction of sp³-hybridized carbons (Fsp3) is 0.129. The van der Waals surface area contributed by atoms with Crippen LogP contribution in [0.15, 0.2) is 85.1 Å². The van der Waals surface area contributed by atoms with Crippen molar-refractivity contribution in [3.63, 3.8) is 0 Å². The molecule has 0 saturated carbocycles. The summed E-state index contributed by atoms with van der Waals surface area (Å²) in [4.78, 5) is 25.0. The van der Waals surface area contributed by atoms with Gasteiger partial charge in [0, 0.05) is 15.4 Å². The van der Waals surface area contributed by atoms with Crippen LogP contribution in [0.5, 0.6) is 0 Å². The zero-order valence-corrected chi connectivity index (χ0v) is 23.4. The fourth-order valence-corrected chi connectivity index (χ4v) is 5.26. The summed E-state index contributed by atoms with van der Waals surface area (Å²) in [6, 6.07) is 18.8. The van der Waals surface area contributed by atoms with E-state index < -0.39 is 29.7 Å². The summed E-state index contributed by atoms with van der Waals surface area (Å²) in [7, 11) is 0. The maximum absolute atomic E-state index is 13.8. The Morgan fingerprint density at radius 3 is 2.17 bits per heavy atom. The van der Waals surface area contributed by atoms with Crippen molar-refractivity contribution in [3.05, 3.63) is 123 Å². The van der Waals surface area contributed by atoms with Gasteiger partial charge in [0.05, 0.1) is 41.0 Å². The number of nitrogens with one attached hydrogen (secondary N) is 1. The quantitative estimate of drug-likeness (QED) is 0.194. The second-order valence-electron chi connectivity index (χ2n) is 9.74. The molecule has 0 aliphatic carbocycles. The standard InChI is InChI=1S/C31H22Cl2F3N3O3/c1-17(19-2-4-21(5-3-19)30(41)42)38-29(40)27-13-22(20-6-8-24(9-7-20)31(34,35)36)12-23-15-37-39(28(23)27)16-18-10-25(32)14-26(33)11-18/h2-15,17H,16H2,1H3,(H,38,40)(H,41,42)/t17-/m0/s1. The van der Waals surface area contributed by atoms with E-state index >= 15 is 0 Å². The van der Waals surface area contributed by atoms with Gasteiger partial charge in [0.1, 0.15) is 0 Å². The predicted molar refractivity (Wildman–Crippen MR) is 155 cm³/mol. The molecular formula is C31H22Cl2F3N3O3. The van der Waals surface area contributed by atoms with Crippen molar-refractivity contribution in [2.75, 3.05) is 0 Å². The highest BCUT2D eigenvalue weighted by molar-refractivity contribution is 6.34. The topological polar surface area (TPSA) is 84.2 Å². The first-order valence-corrected chi connectivity index (χ1v) is 13.4. The van der Waals surface area contributed by atoms with E-state index in [1.54, 1.807) is 60.3 Å². The van der Waals surface area contributed by atoms with Crippen LogP contribution in [0, 0.1) is 0 Å². The smallest absolute Gasteiger partial charge is 0.416 e. The summed E-state index contributed by atoms with van der Waals surface area (Å²) >= 11 is 12.4. The number of carbonyl (C=O) groups is 2. The lowest BCUT2D eigenvalue weighted by Crippen LogP contribution is -2.27. The lowest BCUT2D eigenvalue weighted by Gasteiger charge is -2.17. The van der Waals surface area contributed by atoms with Crippen LogP contribution in [0.25, 0.3) is 22.0 Å². The Kier molecular flexibility index (Phi) is 7.99. The molecule has 0 radical (unpaired) electrons. The van der Waals surface area contributed by atoms with Crippen molar-refractivity contribution < 1.29 is 27.9 Å². The summed E-state index contributed by atoms with van der Waals surface area (Å²) < 4.78 is 41.1. The van der Waals surface area contributed by atoms with Gasteiger partial charge in [0.15, 0.2) is 0 Å². The Morgan fingerprint density at radius 1 is 0.929 bits per heavy atom. The third kappa shape index (κ3) is 6.27. The number of alkyl halides is 3. The van der Waals surface area contributed by atoms with Gasteiger partial charge in [0.2, 0.25) is 0 Å². The number of aromatic nitrogens is 2. The highest BCUT2D eigenvalue weighted by Gasteiger charge is 2.30. The van der Waals surface area contributed by atoms with Crippen LogP contribution in [0.3, 0.4) is 0 Å². The molecule has 5 rings (SSSR count). The van der Waals surface area contributed by atoms with E-state index in [9.17, 15) is 27.9 Å². The van der Waals surface area contributed by atoms with Gasteiger partial charge in [-0.1, -0.05) is 47.5 Å². The van der Waals surface area contributed by atoms with Crippen molar-refractivity contribution in [1.29, 1.82) is 0 Å². The van der Waals surface area contributed by atoms with Gasteiger partial charge in [-0.05, 0) is 83.8 Å². The van der Waals surface area contributed by atoms with Crippen molar-refractivity contribution in [1.82, 2.24) is 15.1 Å². The molecule has 0 aliphatic rings. The first-order valence-electron chi connectivity index (χ1n) is 12.7. The molecule has 0 spiro atoms. The van der Waals surface area contributed by atoms with Crippen LogP contribution >= 0.6 is 23.2 Å². The molecule has 42 heavy (non-hydrogen) atoms. The predicted octanol–water partition coefficient (Wildman–Crippen LogP) is 8.27. The largest absolute Gasteiger partial charge is 0.478 e. The number of nitrogens with zero attached hydrogens (tertiary/aromatic N) is 2. The number of halogens is 5. The lowest BCUT2D eigenvalue weighted by atomic mass is 9.98. The first kappa shape index (κ1) is 29.2. The summed E-state index contributed by atoms with van der Waals surface area (Å²) in [5.74, 6) is -1.51. The highest BCUT2D eigenvalue weighted by atomic mass is 35.5. The second kappa shape index (κ2) is 11.5. The SMILES string of the molecule is C[C@H](NC(=O)c1cc(-c2ccc(C(F)(F)F)cc2)cc2cnn(Cc3cc(Cl)cc(Cl)c3)c12)c1ccc(C(=O)O)cc1. The highest BCUT2D eigenvalue weighted by Crippen LogP contribution is 2.33. The summed E-state index contributed by atoms with van der Waals surface area (Å²) in [6.45, 7) is 2.01. The molecule has 5 aromatic rings. The lowest BCUT2D eigenvalue weighted by molar-refractivity contribution is -0.137. The Labute approximate surface area is 248 Å². The first-order chi connectivity index (χ1) is 19.9. The van der Waals surface area contributed by atoms with Gasteiger partial charge in [0.25, 0.3) is 5.91 Å². The third-order valence-corrected chi connectivity index (χ3v) is 7.22. The molecule has 6 nitrogen and oxygen atoms in total. The molecule has 0 aliphatic heterocycles. The molecule has 1 aromatic heterocycles. The molecule has 4 aromatic carbocycles. The van der Waals surface area contributed by atoms with Crippen LogP contribution in [-0.2, 0) is 12.7 Å². The monoisotopic (exact) mass is 611 g/mol. The maximum Gasteiger partial charge on any atom is 0.416 e. The Morgan fingerprint density at radius 2 is 1.57 bits per heavy atom. The van der Waals surface area contributed by atoms with Gasteiger partial charge < -0.3 is 10.4 Å². The van der Waals surface area contributed by atoms with Gasteiger partial charge >= 0.3 is 12.1 Å². The molecule has 0 saturated heterocycles. The number of carboxylic acids is 1. The summed E-state index contributed by atoms with van der Waals surface area (Å²) in [5, 5.41) is 18.1. The van der Waals surface area contributed by atoms with Crippen molar-refractivity contribution >= 4 is 46.0 Å². The maximum atomic E-state index is 13.8. The minimum absolute atomic E-state index is 0.119. The van der Waals surface area contributed by atoms with E-state index in [4.69, 9.17) is 23.2 Å². The van der Waals surface area contributed by atoms with E-state index in [0.29, 0.717) is 37.6 Å². The molecule has 2 N–H and O–H groups in total. The second-order valence-corrected chi connectivity index (χ2v) is 10.6. The number of hydrogen-bond donors (Lipinski definition) is 2. The molecule has 214 valence electrons. The molecule has 1 atom stereocenters. The third-order valence-electron chi connectivity index (χ3n) is 6.78. The number of rotatable bonds is 7. The number of benzene rings is 4. The number of fused-ring (bicyclic) bond motifs is 1. The molecule has 0 fully saturated rings. The van der Waals surface area contributed by atoms with E-state index in [1.165, 1.54) is 24.3 Å². The molecule has 0 bridgehead atoms. The van der Waals surface area contributed by atoms with E-state index in [0.717, 1.165) is 17.7 Å². The number of carbonyl (C=O) groups excluding carboxylic acids is 1. The van der Waals surface area contributed by atoms with Gasteiger partial charge in [-0.2, -0.15) is 18.3 Å². The van der Waals surface area contributed by atoms with Crippen molar-refractivity contribution in [2.24, 2.45) is 0 Å². The van der Waals surface area contributed by atoms with Crippen LogP contribution in [0.2, 0.25) is 10.0 Å². The molecule has 11 heteroatoms. The Balaban J connectivity index is 1.56. The summed E-state index contributed by atoms with van der Waals surface area (Å²) in [5.41, 5.74) is 2.56. The van der Waals surface area contributed by atoms with E-state index in [2.05, 4.69) is 10.4 Å². The minimum atomic E-state index is -4.48. The number of amides is 1. The van der Waals surface area contributed by atoms with Gasteiger partial charge in [-0.3, -0.25) is 9.48 Å². The van der Waals surface area contributed by atoms with Crippen LogP contribution in [-0.4, -0.2) is 26.8 Å². The minimum Gasteiger partial charge on any atom is -0.478 e. The van der Waals surface area contributed by atoms with E-state index in [-0.39, 0.29) is 17.7 Å². The van der Waals surface area contributed by atoms with Crippen LogP contribution in [0.4, 0.5) is 13.2 Å².